The standard InChI is InChI=1S/C20H21F5N4O3S/c1-3-8-26-19-12(4-6-17(28-19)20(23,24)25)5-7-18(30)27-11-13-9-15(22)16(10-14(13)21)29-33(2,31)32/h4-7,9-10,29H,3,8,11H2,1-2H3,(H,26,28)(H,27,30). The summed E-state index contributed by atoms with van der Waals surface area (Å²) in [4.78, 5) is 15.6. The molecule has 2 rings (SSSR count). The Balaban J connectivity index is 2.12. The molecular formula is C20H21F5N4O3S. The summed E-state index contributed by atoms with van der Waals surface area (Å²) in [6.07, 6.45) is -0.984. The SMILES string of the molecule is CCCNc1nc(C(F)(F)F)ccc1C=CC(=O)NCc1cc(F)c(NS(C)(=O)=O)cc1F. The molecule has 0 radical (unpaired) electrons. The van der Waals surface area contributed by atoms with E-state index in [4.69, 9.17) is 0 Å². The van der Waals surface area contributed by atoms with Crippen molar-refractivity contribution < 1.29 is 35.2 Å². The number of hydrogen-bond acceptors (Lipinski definition) is 5. The molecule has 0 fully saturated rings. The van der Waals surface area contributed by atoms with Gasteiger partial charge in [0, 0.05) is 36.4 Å². The highest BCUT2D eigenvalue weighted by Crippen LogP contribution is 2.30. The normalized spacial score (nSPS) is 12.1. The highest BCUT2D eigenvalue weighted by molar-refractivity contribution is 7.92. The molecule has 13 heteroatoms. The van der Waals surface area contributed by atoms with Gasteiger partial charge in [-0.3, -0.25) is 9.52 Å². The Morgan fingerprint density at radius 3 is 2.45 bits per heavy atom. The van der Waals surface area contributed by atoms with Gasteiger partial charge in [-0.25, -0.2) is 22.2 Å². The van der Waals surface area contributed by atoms with Gasteiger partial charge in [-0.15, -0.1) is 0 Å². The number of halogens is 5. The topological polar surface area (TPSA) is 100 Å². The quantitative estimate of drug-likeness (QED) is 0.364. The van der Waals surface area contributed by atoms with Crippen LogP contribution >= 0.6 is 0 Å². The van der Waals surface area contributed by atoms with Crippen molar-refractivity contribution >= 4 is 33.5 Å². The summed E-state index contributed by atoms with van der Waals surface area (Å²) >= 11 is 0. The van der Waals surface area contributed by atoms with E-state index >= 15 is 0 Å². The minimum atomic E-state index is -4.63. The molecule has 180 valence electrons. The molecule has 1 aromatic heterocycles. The van der Waals surface area contributed by atoms with Gasteiger partial charge >= 0.3 is 6.18 Å². The number of carbonyl (C=O) groups excluding carboxylic acids is 1. The van der Waals surface area contributed by atoms with Crippen LogP contribution in [-0.4, -0.2) is 32.1 Å². The number of anilines is 2. The van der Waals surface area contributed by atoms with Crippen LogP contribution in [0.25, 0.3) is 6.08 Å². The molecule has 0 aliphatic carbocycles. The predicted molar refractivity (Wildman–Crippen MR) is 114 cm³/mol. The fourth-order valence-corrected chi connectivity index (χ4v) is 3.11. The fraction of sp³-hybridized carbons (Fsp3) is 0.300. The number of nitrogens with zero attached hydrogens (tertiary/aromatic N) is 1. The first-order valence-electron chi connectivity index (χ1n) is 9.54. The van der Waals surface area contributed by atoms with Crippen molar-refractivity contribution in [2.75, 3.05) is 22.8 Å². The van der Waals surface area contributed by atoms with Gasteiger partial charge in [-0.1, -0.05) is 6.92 Å². The summed E-state index contributed by atoms with van der Waals surface area (Å²) in [5, 5.41) is 5.07. The molecule has 0 unspecified atom stereocenters. The maximum absolute atomic E-state index is 14.1. The van der Waals surface area contributed by atoms with Crippen molar-refractivity contribution in [3.8, 4) is 0 Å². The van der Waals surface area contributed by atoms with Crippen molar-refractivity contribution in [2.45, 2.75) is 26.1 Å². The molecule has 0 spiro atoms. The lowest BCUT2D eigenvalue weighted by Gasteiger charge is -2.12. The van der Waals surface area contributed by atoms with Crippen molar-refractivity contribution in [3.63, 3.8) is 0 Å². The van der Waals surface area contributed by atoms with Crippen LogP contribution < -0.4 is 15.4 Å². The van der Waals surface area contributed by atoms with Crippen LogP contribution in [0.5, 0.6) is 0 Å². The van der Waals surface area contributed by atoms with Gasteiger partial charge in [0.2, 0.25) is 15.9 Å². The van der Waals surface area contributed by atoms with Crippen LogP contribution in [0.3, 0.4) is 0 Å². The molecule has 33 heavy (non-hydrogen) atoms. The van der Waals surface area contributed by atoms with E-state index in [1.54, 1.807) is 0 Å². The largest absolute Gasteiger partial charge is 0.433 e. The molecule has 0 saturated heterocycles. The highest BCUT2D eigenvalue weighted by Gasteiger charge is 2.32. The maximum Gasteiger partial charge on any atom is 0.433 e. The number of hydrogen-bond donors (Lipinski definition) is 3. The zero-order valence-corrected chi connectivity index (χ0v) is 18.4. The molecule has 1 amide bonds. The Labute approximate surface area is 187 Å². The van der Waals surface area contributed by atoms with Crippen molar-refractivity contribution in [1.29, 1.82) is 0 Å². The molecule has 0 aliphatic heterocycles. The van der Waals surface area contributed by atoms with Gasteiger partial charge < -0.3 is 10.6 Å². The Hall–Kier alpha value is -3.22. The van der Waals surface area contributed by atoms with E-state index in [1.165, 1.54) is 6.08 Å². The summed E-state index contributed by atoms with van der Waals surface area (Å²) < 4.78 is 91.0. The minimum absolute atomic E-state index is 0.0576. The molecule has 0 bridgehead atoms. The van der Waals surface area contributed by atoms with E-state index in [0.29, 0.717) is 19.0 Å². The van der Waals surface area contributed by atoms with E-state index in [2.05, 4.69) is 15.6 Å². The second-order valence-corrected chi connectivity index (χ2v) is 8.66. The minimum Gasteiger partial charge on any atom is -0.370 e. The number of benzene rings is 1. The molecule has 0 saturated carbocycles. The Morgan fingerprint density at radius 1 is 1.15 bits per heavy atom. The van der Waals surface area contributed by atoms with Crippen molar-refractivity contribution in [3.05, 3.63) is 58.8 Å². The zero-order valence-electron chi connectivity index (χ0n) is 17.6. The summed E-state index contributed by atoms with van der Waals surface area (Å²) in [5.41, 5.74) is -1.68. The smallest absolute Gasteiger partial charge is 0.370 e. The Bertz CT molecular complexity index is 1150. The molecule has 0 aliphatic rings. The van der Waals surface area contributed by atoms with Crippen LogP contribution in [0.1, 0.15) is 30.2 Å². The summed E-state index contributed by atoms with van der Waals surface area (Å²) in [6, 6.07) is 3.31. The van der Waals surface area contributed by atoms with Crippen LogP contribution in [-0.2, 0) is 27.5 Å². The van der Waals surface area contributed by atoms with E-state index < -0.39 is 51.7 Å². The monoisotopic (exact) mass is 492 g/mol. The number of amides is 1. The van der Waals surface area contributed by atoms with Gasteiger partial charge in [-0.05, 0) is 30.7 Å². The maximum atomic E-state index is 14.1. The third-order valence-electron chi connectivity index (χ3n) is 4.06. The van der Waals surface area contributed by atoms with Crippen molar-refractivity contribution in [1.82, 2.24) is 10.3 Å². The lowest BCUT2D eigenvalue weighted by Crippen LogP contribution is -2.21. The molecule has 2 aromatic rings. The number of alkyl halides is 3. The van der Waals surface area contributed by atoms with E-state index in [0.717, 1.165) is 30.5 Å². The van der Waals surface area contributed by atoms with Crippen LogP contribution in [0.15, 0.2) is 30.3 Å². The summed E-state index contributed by atoms with van der Waals surface area (Å²) in [6.45, 7) is 1.75. The van der Waals surface area contributed by atoms with E-state index in [-0.39, 0.29) is 16.9 Å². The predicted octanol–water partition coefficient (Wildman–Crippen LogP) is 3.90. The lowest BCUT2D eigenvalue weighted by atomic mass is 10.1. The van der Waals surface area contributed by atoms with Gasteiger partial charge in [0.05, 0.1) is 11.9 Å². The van der Waals surface area contributed by atoms with Crippen LogP contribution in [0.2, 0.25) is 0 Å². The molecular weight excluding hydrogens is 471 g/mol. The van der Waals surface area contributed by atoms with Gasteiger partial charge in [0.15, 0.2) is 0 Å². The number of pyridine rings is 1. The summed E-state index contributed by atoms with van der Waals surface area (Å²) in [7, 11) is -3.82. The first-order chi connectivity index (χ1) is 15.3. The fourth-order valence-electron chi connectivity index (χ4n) is 2.56. The second-order valence-electron chi connectivity index (χ2n) is 6.91. The number of nitrogens with one attached hydrogen (secondary N) is 3. The van der Waals surface area contributed by atoms with Gasteiger partial charge in [0.25, 0.3) is 0 Å². The zero-order chi connectivity index (χ0) is 24.8. The average Bonchev–Trinajstić information content (AvgIpc) is 2.70. The highest BCUT2D eigenvalue weighted by atomic mass is 32.2. The number of aromatic nitrogens is 1. The van der Waals surface area contributed by atoms with Gasteiger partial charge in [0.1, 0.15) is 23.1 Å². The first kappa shape index (κ1) is 26.0. The van der Waals surface area contributed by atoms with Crippen LogP contribution in [0.4, 0.5) is 33.5 Å². The number of carbonyl (C=O) groups is 1. The third kappa shape index (κ3) is 8.00. The number of sulfonamides is 1. The molecule has 1 heterocycles. The number of rotatable bonds is 9. The van der Waals surface area contributed by atoms with Crippen LogP contribution in [0, 0.1) is 11.6 Å². The Morgan fingerprint density at radius 2 is 1.85 bits per heavy atom. The molecule has 3 N–H and O–H groups in total. The second kappa shape index (κ2) is 10.6. The van der Waals surface area contributed by atoms with E-state index in [1.807, 2.05) is 11.6 Å². The third-order valence-corrected chi connectivity index (χ3v) is 4.65. The van der Waals surface area contributed by atoms with Gasteiger partial charge in [-0.2, -0.15) is 13.2 Å². The molecule has 7 nitrogen and oxygen atoms in total. The Kier molecular flexibility index (Phi) is 8.36. The lowest BCUT2D eigenvalue weighted by molar-refractivity contribution is -0.141. The molecule has 1 aromatic carbocycles. The molecule has 0 atom stereocenters. The van der Waals surface area contributed by atoms with Crippen molar-refractivity contribution in [2.24, 2.45) is 0 Å². The average molecular weight is 492 g/mol. The summed E-state index contributed by atoms with van der Waals surface area (Å²) in [5.74, 6) is -2.78. The van der Waals surface area contributed by atoms with E-state index in [9.17, 15) is 35.2 Å². The first-order valence-corrected chi connectivity index (χ1v) is 11.4.